The van der Waals surface area contributed by atoms with Gasteiger partial charge in [-0.05, 0) is 49.4 Å². The number of hydrogen-bond acceptors (Lipinski definition) is 5. The molecule has 2 amide bonds. The molecule has 2 N–H and O–H groups in total. The molecule has 0 aliphatic heterocycles. The van der Waals surface area contributed by atoms with E-state index in [9.17, 15) is 14.4 Å². The van der Waals surface area contributed by atoms with Crippen LogP contribution in [0.3, 0.4) is 0 Å². The van der Waals surface area contributed by atoms with Gasteiger partial charge in [0.1, 0.15) is 0 Å². The van der Waals surface area contributed by atoms with Crippen molar-refractivity contribution >= 4 is 29.2 Å². The number of nitrogens with zero attached hydrogens (tertiary/aromatic N) is 1. The molecule has 0 aromatic heterocycles. The molecule has 0 fully saturated rings. The van der Waals surface area contributed by atoms with E-state index in [2.05, 4.69) is 10.6 Å². The lowest BCUT2D eigenvalue weighted by Gasteiger charge is -2.14. The highest BCUT2D eigenvalue weighted by Gasteiger charge is 2.19. The number of hydrogen-bond donors (Lipinski definition) is 2. The van der Waals surface area contributed by atoms with Crippen molar-refractivity contribution in [1.29, 1.82) is 5.26 Å². The molecule has 7 heteroatoms. The van der Waals surface area contributed by atoms with E-state index in [1.165, 1.54) is 32.0 Å². The lowest BCUT2D eigenvalue weighted by molar-refractivity contribution is -0.123. The van der Waals surface area contributed by atoms with Crippen LogP contribution < -0.4 is 10.6 Å². The molecule has 132 valence electrons. The first-order valence-corrected chi connectivity index (χ1v) is 7.78. The first kappa shape index (κ1) is 18.7. The Bertz CT molecular complexity index is 869. The van der Waals surface area contributed by atoms with E-state index in [0.717, 1.165) is 0 Å². The van der Waals surface area contributed by atoms with E-state index < -0.39 is 18.0 Å². The van der Waals surface area contributed by atoms with E-state index in [1.54, 1.807) is 30.3 Å². The Hall–Kier alpha value is -3.66. The molecule has 0 aliphatic carbocycles. The summed E-state index contributed by atoms with van der Waals surface area (Å²) < 4.78 is 5.14. The van der Waals surface area contributed by atoms with E-state index in [4.69, 9.17) is 10.00 Å². The van der Waals surface area contributed by atoms with Crippen molar-refractivity contribution in [3.8, 4) is 6.07 Å². The standard InChI is InChI=1S/C19H17N3O4/c1-12(18(24)22-17-5-3-4-14(10-17)11-20)26-19(25)15-6-8-16(9-7-15)21-13(2)23/h3-10,12H,1-2H3,(H,21,23)(H,22,24)/t12-/m0/s1. The van der Waals surface area contributed by atoms with Crippen LogP contribution in [0.5, 0.6) is 0 Å². The number of carbonyl (C=O) groups excluding carboxylic acids is 3. The molecular weight excluding hydrogens is 334 g/mol. The first-order chi connectivity index (χ1) is 12.4. The molecule has 0 radical (unpaired) electrons. The van der Waals surface area contributed by atoms with Crippen molar-refractivity contribution in [3.05, 3.63) is 59.7 Å². The molecule has 0 saturated heterocycles. The van der Waals surface area contributed by atoms with Crippen LogP contribution in [0.25, 0.3) is 0 Å². The maximum Gasteiger partial charge on any atom is 0.338 e. The van der Waals surface area contributed by atoms with Crippen molar-refractivity contribution < 1.29 is 19.1 Å². The number of benzene rings is 2. The molecule has 0 aliphatic rings. The zero-order chi connectivity index (χ0) is 19.1. The molecule has 2 rings (SSSR count). The Morgan fingerprint density at radius 2 is 1.73 bits per heavy atom. The predicted molar refractivity (Wildman–Crippen MR) is 95.4 cm³/mol. The molecule has 0 unspecified atom stereocenters. The van der Waals surface area contributed by atoms with Gasteiger partial charge in [0.15, 0.2) is 6.10 Å². The van der Waals surface area contributed by atoms with Gasteiger partial charge in [-0.15, -0.1) is 0 Å². The fraction of sp³-hybridized carbons (Fsp3) is 0.158. The van der Waals surface area contributed by atoms with Crippen LogP contribution in [0, 0.1) is 11.3 Å². The molecule has 0 spiro atoms. The van der Waals surface area contributed by atoms with E-state index >= 15 is 0 Å². The number of ether oxygens (including phenoxy) is 1. The van der Waals surface area contributed by atoms with Gasteiger partial charge in [-0.1, -0.05) is 6.07 Å². The number of esters is 1. The Morgan fingerprint density at radius 1 is 1.04 bits per heavy atom. The summed E-state index contributed by atoms with van der Waals surface area (Å²) in [6.45, 7) is 2.84. The molecule has 0 heterocycles. The highest BCUT2D eigenvalue weighted by atomic mass is 16.5. The van der Waals surface area contributed by atoms with Gasteiger partial charge in [-0.3, -0.25) is 9.59 Å². The molecule has 2 aromatic carbocycles. The third-order valence-electron chi connectivity index (χ3n) is 3.35. The second-order valence-electron chi connectivity index (χ2n) is 5.49. The zero-order valence-corrected chi connectivity index (χ0v) is 14.3. The number of carbonyl (C=O) groups is 3. The minimum Gasteiger partial charge on any atom is -0.449 e. The Labute approximate surface area is 150 Å². The summed E-state index contributed by atoms with van der Waals surface area (Å²) in [6.07, 6.45) is -1.02. The number of rotatable bonds is 5. The van der Waals surface area contributed by atoms with Gasteiger partial charge in [0, 0.05) is 18.3 Å². The summed E-state index contributed by atoms with van der Waals surface area (Å²) in [5.74, 6) is -1.39. The van der Waals surface area contributed by atoms with Gasteiger partial charge in [-0.2, -0.15) is 5.26 Å². The zero-order valence-electron chi connectivity index (χ0n) is 14.3. The number of nitriles is 1. The highest BCUT2D eigenvalue weighted by Crippen LogP contribution is 2.13. The van der Waals surface area contributed by atoms with E-state index in [1.807, 2.05) is 6.07 Å². The smallest absolute Gasteiger partial charge is 0.338 e. The average Bonchev–Trinajstić information content (AvgIpc) is 2.61. The van der Waals surface area contributed by atoms with Gasteiger partial charge in [0.05, 0.1) is 17.2 Å². The average molecular weight is 351 g/mol. The molecule has 2 aromatic rings. The van der Waals surface area contributed by atoms with Crippen LogP contribution in [-0.2, 0) is 14.3 Å². The Morgan fingerprint density at radius 3 is 2.35 bits per heavy atom. The monoisotopic (exact) mass is 351 g/mol. The van der Waals surface area contributed by atoms with Crippen molar-refractivity contribution in [2.75, 3.05) is 10.6 Å². The molecule has 1 atom stereocenters. The second kappa shape index (κ2) is 8.44. The minimum absolute atomic E-state index is 0.217. The molecular formula is C19H17N3O4. The third-order valence-corrected chi connectivity index (χ3v) is 3.35. The summed E-state index contributed by atoms with van der Waals surface area (Å²) >= 11 is 0. The van der Waals surface area contributed by atoms with Gasteiger partial charge in [-0.25, -0.2) is 4.79 Å². The first-order valence-electron chi connectivity index (χ1n) is 7.78. The Balaban J connectivity index is 1.96. The van der Waals surface area contributed by atoms with Crippen LogP contribution in [0.4, 0.5) is 11.4 Å². The van der Waals surface area contributed by atoms with Crippen molar-refractivity contribution in [3.63, 3.8) is 0 Å². The van der Waals surface area contributed by atoms with Crippen LogP contribution >= 0.6 is 0 Å². The Kier molecular flexibility index (Phi) is 6.06. The van der Waals surface area contributed by atoms with Crippen molar-refractivity contribution in [2.45, 2.75) is 20.0 Å². The fourth-order valence-electron chi connectivity index (χ4n) is 2.09. The van der Waals surface area contributed by atoms with Crippen LogP contribution in [0.1, 0.15) is 29.8 Å². The highest BCUT2D eigenvalue weighted by molar-refractivity contribution is 5.97. The predicted octanol–water partition coefficient (Wildman–Crippen LogP) is 2.70. The maximum atomic E-state index is 12.1. The SMILES string of the molecule is CC(=O)Nc1ccc(C(=O)O[C@@H](C)C(=O)Nc2cccc(C#N)c2)cc1. The minimum atomic E-state index is -1.02. The van der Waals surface area contributed by atoms with E-state index in [0.29, 0.717) is 16.9 Å². The molecule has 0 bridgehead atoms. The largest absolute Gasteiger partial charge is 0.449 e. The summed E-state index contributed by atoms with van der Waals surface area (Å²) in [5.41, 5.74) is 1.66. The summed E-state index contributed by atoms with van der Waals surface area (Å²) in [4.78, 5) is 35.2. The van der Waals surface area contributed by atoms with Crippen LogP contribution in [-0.4, -0.2) is 23.9 Å². The summed E-state index contributed by atoms with van der Waals surface area (Å²) in [7, 11) is 0. The molecule has 26 heavy (non-hydrogen) atoms. The van der Waals surface area contributed by atoms with Crippen LogP contribution in [0.15, 0.2) is 48.5 Å². The van der Waals surface area contributed by atoms with Gasteiger partial charge < -0.3 is 15.4 Å². The van der Waals surface area contributed by atoms with Gasteiger partial charge in [0.25, 0.3) is 5.91 Å². The quantitative estimate of drug-likeness (QED) is 0.805. The number of anilines is 2. The summed E-state index contributed by atoms with van der Waals surface area (Å²) in [5, 5.41) is 14.0. The normalized spacial score (nSPS) is 11.0. The molecule has 0 saturated carbocycles. The van der Waals surface area contributed by atoms with Gasteiger partial charge in [0.2, 0.25) is 5.91 Å². The van der Waals surface area contributed by atoms with Gasteiger partial charge >= 0.3 is 5.97 Å². The van der Waals surface area contributed by atoms with Crippen molar-refractivity contribution in [2.24, 2.45) is 0 Å². The lowest BCUT2D eigenvalue weighted by atomic mass is 10.2. The topological polar surface area (TPSA) is 108 Å². The number of nitrogens with one attached hydrogen (secondary N) is 2. The lowest BCUT2D eigenvalue weighted by Crippen LogP contribution is -2.30. The number of amides is 2. The second-order valence-corrected chi connectivity index (χ2v) is 5.49. The van der Waals surface area contributed by atoms with Crippen molar-refractivity contribution in [1.82, 2.24) is 0 Å². The van der Waals surface area contributed by atoms with Crippen LogP contribution in [0.2, 0.25) is 0 Å². The maximum absolute atomic E-state index is 12.1. The summed E-state index contributed by atoms with van der Waals surface area (Å²) in [6, 6.07) is 14.5. The third kappa shape index (κ3) is 5.18. The fourth-order valence-corrected chi connectivity index (χ4v) is 2.09. The van der Waals surface area contributed by atoms with E-state index in [-0.39, 0.29) is 11.5 Å². The molecule has 7 nitrogen and oxygen atoms in total.